The van der Waals surface area contributed by atoms with Gasteiger partial charge < -0.3 is 4.74 Å². The van der Waals surface area contributed by atoms with Crippen molar-refractivity contribution < 1.29 is 18.3 Å². The zero-order chi connectivity index (χ0) is 12.8. The zero-order valence-electron chi connectivity index (χ0n) is 9.08. The zero-order valence-corrected chi connectivity index (χ0v) is 11.5. The number of hydrogen-bond donors (Lipinski definition) is 0. The molecule has 1 aromatic rings. The van der Waals surface area contributed by atoms with Gasteiger partial charge >= 0.3 is 6.61 Å². The molecule has 0 saturated heterocycles. The number of ether oxygens (including phenoxy) is 1. The van der Waals surface area contributed by atoms with Gasteiger partial charge in [-0.1, -0.05) is 22.0 Å². The Hall–Kier alpha value is -0.620. The molecule has 1 rings (SSSR count). The molecule has 0 aliphatic heterocycles. The Kier molecular flexibility index (Phi) is 5.91. The van der Waals surface area contributed by atoms with Gasteiger partial charge in [-0.2, -0.15) is 8.78 Å². The van der Waals surface area contributed by atoms with Crippen molar-refractivity contribution in [2.75, 3.05) is 11.6 Å². The van der Waals surface area contributed by atoms with Crippen LogP contribution in [-0.2, 0) is 0 Å². The maximum atomic E-state index is 12.2. The molecule has 94 valence electrons. The first-order valence-electron chi connectivity index (χ1n) is 4.81. The number of carbonyl (C=O) groups excluding carboxylic acids is 1. The molecular weight excluding hydrogens is 314 g/mol. The molecule has 0 radical (unpaired) electrons. The van der Waals surface area contributed by atoms with E-state index in [0.717, 1.165) is 0 Å². The third kappa shape index (κ3) is 3.96. The van der Waals surface area contributed by atoms with Crippen LogP contribution in [-0.4, -0.2) is 24.0 Å². The second kappa shape index (κ2) is 6.96. The monoisotopic (exact) mass is 324 g/mol. The summed E-state index contributed by atoms with van der Waals surface area (Å²) >= 11 is 4.48. The van der Waals surface area contributed by atoms with Gasteiger partial charge in [0.05, 0.1) is 5.56 Å². The van der Waals surface area contributed by atoms with Gasteiger partial charge in [-0.25, -0.2) is 0 Å². The first kappa shape index (κ1) is 14.4. The highest BCUT2D eigenvalue weighted by Gasteiger charge is 2.18. The molecular formula is C11H11BrF2O2S. The first-order valence-corrected chi connectivity index (χ1v) is 7.15. The summed E-state index contributed by atoms with van der Waals surface area (Å²) in [4.78, 5) is 12.5. The Morgan fingerprint density at radius 1 is 1.53 bits per heavy atom. The van der Waals surface area contributed by atoms with Gasteiger partial charge in [0.2, 0.25) is 0 Å². The van der Waals surface area contributed by atoms with E-state index < -0.39 is 6.61 Å². The third-order valence-corrected chi connectivity index (χ3v) is 3.20. The molecule has 0 bridgehead atoms. The van der Waals surface area contributed by atoms with Crippen molar-refractivity contribution in [2.45, 2.75) is 17.9 Å². The van der Waals surface area contributed by atoms with Crippen LogP contribution in [0.3, 0.4) is 0 Å². The number of halogens is 3. The lowest BCUT2D eigenvalue weighted by Crippen LogP contribution is -2.09. The van der Waals surface area contributed by atoms with Crippen molar-refractivity contribution >= 4 is 33.5 Å². The number of thioether (sulfide) groups is 1. The van der Waals surface area contributed by atoms with E-state index in [4.69, 9.17) is 0 Å². The summed E-state index contributed by atoms with van der Waals surface area (Å²) in [7, 11) is 0. The van der Waals surface area contributed by atoms with Crippen LogP contribution in [0.5, 0.6) is 5.75 Å². The highest BCUT2D eigenvalue weighted by atomic mass is 79.9. The second-order valence-electron chi connectivity index (χ2n) is 3.07. The Morgan fingerprint density at radius 2 is 2.24 bits per heavy atom. The van der Waals surface area contributed by atoms with Gasteiger partial charge in [0.25, 0.3) is 0 Å². The van der Waals surface area contributed by atoms with Crippen LogP contribution >= 0.6 is 27.7 Å². The Morgan fingerprint density at radius 3 is 2.76 bits per heavy atom. The van der Waals surface area contributed by atoms with Crippen molar-refractivity contribution in [3.05, 3.63) is 23.8 Å². The van der Waals surface area contributed by atoms with Crippen LogP contribution in [0.1, 0.15) is 16.8 Å². The fourth-order valence-electron chi connectivity index (χ4n) is 1.36. The van der Waals surface area contributed by atoms with Gasteiger partial charge in [0, 0.05) is 16.6 Å². The molecule has 0 aliphatic rings. The van der Waals surface area contributed by atoms with Crippen LogP contribution < -0.4 is 4.74 Å². The summed E-state index contributed by atoms with van der Waals surface area (Å²) in [6.45, 7) is -2.93. The molecule has 0 spiro atoms. The number of benzene rings is 1. The number of hydrogen-bond acceptors (Lipinski definition) is 3. The summed E-state index contributed by atoms with van der Waals surface area (Å²) in [6.07, 6.45) is 2.03. The molecule has 1 aromatic carbocycles. The molecule has 6 heteroatoms. The average Bonchev–Trinajstić information content (AvgIpc) is 2.28. The van der Waals surface area contributed by atoms with Gasteiger partial charge in [0.1, 0.15) is 5.75 Å². The highest BCUT2D eigenvalue weighted by molar-refractivity contribution is 9.09. The lowest BCUT2D eigenvalue weighted by molar-refractivity contribution is -0.0503. The van der Waals surface area contributed by atoms with Crippen LogP contribution in [0, 0.1) is 0 Å². The maximum Gasteiger partial charge on any atom is 0.387 e. The summed E-state index contributed by atoms with van der Waals surface area (Å²) in [5.41, 5.74) is 0.236. The van der Waals surface area contributed by atoms with Crippen molar-refractivity contribution in [1.82, 2.24) is 0 Å². The van der Waals surface area contributed by atoms with E-state index in [9.17, 15) is 13.6 Å². The lowest BCUT2D eigenvalue weighted by Gasteiger charge is -2.12. The quantitative estimate of drug-likeness (QED) is 0.450. The molecule has 0 aromatic heterocycles. The smallest absolute Gasteiger partial charge is 0.387 e. The van der Waals surface area contributed by atoms with E-state index in [1.165, 1.54) is 17.8 Å². The number of carbonyl (C=O) groups is 1. The SMILES string of the molecule is CSc1cccc(OC(F)F)c1C(=O)CCBr. The van der Waals surface area contributed by atoms with Gasteiger partial charge in [-0.15, -0.1) is 11.8 Å². The van der Waals surface area contributed by atoms with E-state index in [1.807, 2.05) is 0 Å². The molecule has 2 nitrogen and oxygen atoms in total. The van der Waals surface area contributed by atoms with Crippen LogP contribution in [0.2, 0.25) is 0 Å². The van der Waals surface area contributed by atoms with E-state index in [-0.39, 0.29) is 23.5 Å². The van der Waals surface area contributed by atoms with Crippen LogP contribution in [0.25, 0.3) is 0 Å². The van der Waals surface area contributed by atoms with E-state index in [1.54, 1.807) is 18.4 Å². The molecule has 0 N–H and O–H groups in total. The topological polar surface area (TPSA) is 26.3 Å². The number of rotatable bonds is 6. The highest BCUT2D eigenvalue weighted by Crippen LogP contribution is 2.31. The number of Topliss-reactive ketones (excluding diaryl/α,β-unsaturated/α-hetero) is 1. The predicted octanol–water partition coefficient (Wildman–Crippen LogP) is 3.98. The summed E-state index contributed by atoms with van der Waals surface area (Å²) in [5, 5.41) is 0.489. The molecule has 0 atom stereocenters. The van der Waals surface area contributed by atoms with Crippen LogP contribution in [0.15, 0.2) is 23.1 Å². The minimum atomic E-state index is -2.93. The average molecular weight is 325 g/mol. The molecule has 0 unspecified atom stereocenters. The lowest BCUT2D eigenvalue weighted by atomic mass is 10.1. The Labute approximate surface area is 111 Å². The first-order chi connectivity index (χ1) is 8.10. The minimum absolute atomic E-state index is 0.0576. The van der Waals surface area contributed by atoms with E-state index >= 15 is 0 Å². The van der Waals surface area contributed by atoms with Crippen molar-refractivity contribution in [3.8, 4) is 5.75 Å². The van der Waals surface area contributed by atoms with Crippen molar-refractivity contribution in [2.24, 2.45) is 0 Å². The van der Waals surface area contributed by atoms with Crippen LogP contribution in [0.4, 0.5) is 8.78 Å². The third-order valence-electron chi connectivity index (χ3n) is 2.02. The summed E-state index contributed by atoms with van der Waals surface area (Å²) in [5.74, 6) is -0.264. The largest absolute Gasteiger partial charge is 0.434 e. The fraction of sp³-hybridized carbons (Fsp3) is 0.364. The molecule has 0 saturated carbocycles. The molecule has 0 amide bonds. The second-order valence-corrected chi connectivity index (χ2v) is 4.72. The maximum absolute atomic E-state index is 12.2. The van der Waals surface area contributed by atoms with Gasteiger partial charge in [0.15, 0.2) is 5.78 Å². The van der Waals surface area contributed by atoms with Crippen molar-refractivity contribution in [3.63, 3.8) is 0 Å². The molecule has 0 aliphatic carbocycles. The van der Waals surface area contributed by atoms with E-state index in [0.29, 0.717) is 10.2 Å². The van der Waals surface area contributed by atoms with Crippen molar-refractivity contribution in [1.29, 1.82) is 0 Å². The number of ketones is 1. The molecule has 17 heavy (non-hydrogen) atoms. The fourth-order valence-corrected chi connectivity index (χ4v) is 2.35. The molecule has 0 heterocycles. The van der Waals surface area contributed by atoms with Gasteiger partial charge in [-0.05, 0) is 18.4 Å². The Balaban J connectivity index is 3.15. The summed E-state index contributed by atoms with van der Waals surface area (Å²) < 4.78 is 28.8. The standard InChI is InChI=1S/C11H11BrF2O2S/c1-17-9-4-2-3-8(16-11(13)14)10(9)7(15)5-6-12/h2-4,11H,5-6H2,1H3. The van der Waals surface area contributed by atoms with Gasteiger partial charge in [-0.3, -0.25) is 4.79 Å². The molecule has 0 fully saturated rings. The summed E-state index contributed by atoms with van der Waals surface area (Å²) in [6, 6.07) is 4.69. The normalized spacial score (nSPS) is 10.6. The Bertz CT molecular complexity index is 399. The predicted molar refractivity (Wildman–Crippen MR) is 67.6 cm³/mol. The van der Waals surface area contributed by atoms with E-state index in [2.05, 4.69) is 20.7 Å². The number of alkyl halides is 3. The minimum Gasteiger partial charge on any atom is -0.434 e.